The Morgan fingerprint density at radius 2 is 1.85 bits per heavy atom. The summed E-state index contributed by atoms with van der Waals surface area (Å²) in [5.41, 5.74) is 0.0342. The van der Waals surface area contributed by atoms with Gasteiger partial charge in [-0.15, -0.1) is 10.2 Å². The number of alkyl halides is 3. The highest BCUT2D eigenvalue weighted by Crippen LogP contribution is 2.31. The molecule has 1 saturated heterocycles. The largest absolute Gasteiger partial charge is 0.477 e. The minimum Gasteiger partial charge on any atom is -0.477 e. The summed E-state index contributed by atoms with van der Waals surface area (Å²) in [5.74, 6) is 0.0951. The fraction of sp³-hybridized carbons (Fsp3) is 0.389. The number of benzene rings is 1. The van der Waals surface area contributed by atoms with Gasteiger partial charge in [-0.3, -0.25) is 4.79 Å². The van der Waals surface area contributed by atoms with Gasteiger partial charge >= 0.3 is 6.18 Å². The maximum absolute atomic E-state index is 12.9. The average molecular weight is 380 g/mol. The Balaban J connectivity index is 1.62. The van der Waals surface area contributed by atoms with Crippen LogP contribution in [0.3, 0.4) is 0 Å². The van der Waals surface area contributed by atoms with Crippen molar-refractivity contribution in [3.63, 3.8) is 0 Å². The number of carbonyl (C=O) groups excluding carboxylic acids is 1. The summed E-state index contributed by atoms with van der Waals surface area (Å²) >= 11 is 0. The fourth-order valence-electron chi connectivity index (χ4n) is 2.87. The van der Waals surface area contributed by atoms with Gasteiger partial charge in [0.05, 0.1) is 12.2 Å². The minimum atomic E-state index is -4.37. The smallest absolute Gasteiger partial charge is 0.416 e. The molecule has 144 valence electrons. The first kappa shape index (κ1) is 18.9. The molecule has 2 heterocycles. The van der Waals surface area contributed by atoms with E-state index in [1.165, 1.54) is 6.07 Å². The van der Waals surface area contributed by atoms with Crippen molar-refractivity contribution in [1.82, 2.24) is 15.1 Å². The first-order chi connectivity index (χ1) is 12.9. The van der Waals surface area contributed by atoms with Crippen LogP contribution in [0.4, 0.5) is 18.9 Å². The van der Waals surface area contributed by atoms with E-state index < -0.39 is 11.7 Å². The summed E-state index contributed by atoms with van der Waals surface area (Å²) in [6.07, 6.45) is -4.37. The number of hydrogen-bond donors (Lipinski definition) is 0. The molecule has 1 aromatic heterocycles. The molecule has 0 bridgehead atoms. The average Bonchev–Trinajstić information content (AvgIpc) is 2.68. The standard InChI is InChI=1S/C18H19F3N4O2/c1-2-27-16-7-6-15(22-23-16)17(26)25-10-8-24(9-11-25)14-5-3-4-13(12-14)18(19,20)21/h3-7,12H,2,8-11H2,1H3. The highest BCUT2D eigenvalue weighted by molar-refractivity contribution is 5.92. The molecule has 1 fully saturated rings. The van der Waals surface area contributed by atoms with Gasteiger partial charge in [0.15, 0.2) is 5.69 Å². The van der Waals surface area contributed by atoms with Gasteiger partial charge in [0, 0.05) is 37.9 Å². The van der Waals surface area contributed by atoms with E-state index in [1.54, 1.807) is 23.1 Å². The molecule has 2 aromatic rings. The molecule has 0 unspecified atom stereocenters. The number of anilines is 1. The molecule has 1 amide bonds. The number of aromatic nitrogens is 2. The molecule has 0 atom stereocenters. The van der Waals surface area contributed by atoms with Crippen molar-refractivity contribution in [3.8, 4) is 5.88 Å². The zero-order valence-electron chi connectivity index (χ0n) is 14.7. The Morgan fingerprint density at radius 1 is 1.11 bits per heavy atom. The lowest BCUT2D eigenvalue weighted by molar-refractivity contribution is -0.137. The lowest BCUT2D eigenvalue weighted by Gasteiger charge is -2.36. The van der Waals surface area contributed by atoms with Gasteiger partial charge in [0.1, 0.15) is 0 Å². The van der Waals surface area contributed by atoms with E-state index in [0.717, 1.165) is 12.1 Å². The van der Waals surface area contributed by atoms with Crippen molar-refractivity contribution < 1.29 is 22.7 Å². The van der Waals surface area contributed by atoms with Gasteiger partial charge in [-0.1, -0.05) is 6.07 Å². The zero-order valence-corrected chi connectivity index (χ0v) is 14.7. The monoisotopic (exact) mass is 380 g/mol. The molecule has 0 spiro atoms. The number of carbonyl (C=O) groups is 1. The van der Waals surface area contributed by atoms with Gasteiger partial charge in [0.25, 0.3) is 5.91 Å². The van der Waals surface area contributed by atoms with E-state index in [9.17, 15) is 18.0 Å². The Labute approximate surface area is 154 Å². The summed E-state index contributed by atoms with van der Waals surface area (Å²) in [6, 6.07) is 8.36. The van der Waals surface area contributed by atoms with E-state index in [4.69, 9.17) is 4.74 Å². The highest BCUT2D eigenvalue weighted by Gasteiger charge is 2.31. The first-order valence-corrected chi connectivity index (χ1v) is 8.56. The number of nitrogens with zero attached hydrogens (tertiary/aromatic N) is 4. The van der Waals surface area contributed by atoms with Crippen molar-refractivity contribution >= 4 is 11.6 Å². The van der Waals surface area contributed by atoms with Crippen LogP contribution in [0.25, 0.3) is 0 Å². The van der Waals surface area contributed by atoms with Crippen LogP contribution in [0.2, 0.25) is 0 Å². The fourth-order valence-corrected chi connectivity index (χ4v) is 2.87. The summed E-state index contributed by atoms with van der Waals surface area (Å²) in [6.45, 7) is 3.95. The van der Waals surface area contributed by atoms with E-state index in [0.29, 0.717) is 44.4 Å². The molecule has 1 aliphatic heterocycles. The molecule has 27 heavy (non-hydrogen) atoms. The van der Waals surface area contributed by atoms with Crippen molar-refractivity contribution in [3.05, 3.63) is 47.7 Å². The molecule has 0 N–H and O–H groups in total. The lowest BCUT2D eigenvalue weighted by atomic mass is 10.1. The summed E-state index contributed by atoms with van der Waals surface area (Å²) in [7, 11) is 0. The molecule has 9 heteroatoms. The Hall–Kier alpha value is -2.84. The van der Waals surface area contributed by atoms with Gasteiger partial charge in [-0.2, -0.15) is 13.2 Å². The zero-order chi connectivity index (χ0) is 19.4. The Kier molecular flexibility index (Phi) is 5.48. The van der Waals surface area contributed by atoms with Crippen molar-refractivity contribution in [2.45, 2.75) is 13.1 Å². The predicted octanol–water partition coefficient (Wildman–Crippen LogP) is 2.86. The third kappa shape index (κ3) is 4.47. The first-order valence-electron chi connectivity index (χ1n) is 8.56. The molecular weight excluding hydrogens is 361 g/mol. The van der Waals surface area contributed by atoms with Crippen LogP contribution in [-0.2, 0) is 6.18 Å². The van der Waals surface area contributed by atoms with E-state index in [1.807, 2.05) is 11.8 Å². The minimum absolute atomic E-state index is 0.214. The van der Waals surface area contributed by atoms with E-state index in [2.05, 4.69) is 10.2 Å². The second-order valence-electron chi connectivity index (χ2n) is 6.02. The topological polar surface area (TPSA) is 58.6 Å². The van der Waals surface area contributed by atoms with Gasteiger partial charge in [-0.25, -0.2) is 0 Å². The Bertz CT molecular complexity index is 788. The number of rotatable bonds is 4. The SMILES string of the molecule is CCOc1ccc(C(=O)N2CCN(c3cccc(C(F)(F)F)c3)CC2)nn1. The van der Waals surface area contributed by atoms with E-state index in [-0.39, 0.29) is 11.6 Å². The van der Waals surface area contributed by atoms with Crippen molar-refractivity contribution in [2.75, 3.05) is 37.7 Å². The maximum atomic E-state index is 12.9. The maximum Gasteiger partial charge on any atom is 0.416 e. The third-order valence-electron chi connectivity index (χ3n) is 4.26. The summed E-state index contributed by atoms with van der Waals surface area (Å²) in [4.78, 5) is 16.0. The summed E-state index contributed by atoms with van der Waals surface area (Å²) < 4.78 is 43.8. The second-order valence-corrected chi connectivity index (χ2v) is 6.02. The van der Waals surface area contributed by atoms with Crippen molar-refractivity contribution in [2.24, 2.45) is 0 Å². The van der Waals surface area contributed by atoms with Crippen LogP contribution in [0.15, 0.2) is 36.4 Å². The number of piperazine rings is 1. The molecule has 0 radical (unpaired) electrons. The van der Waals surface area contributed by atoms with Gasteiger partial charge < -0.3 is 14.5 Å². The number of hydrogen-bond acceptors (Lipinski definition) is 5. The molecule has 1 aliphatic rings. The van der Waals surface area contributed by atoms with Crippen molar-refractivity contribution in [1.29, 1.82) is 0 Å². The number of halogens is 3. The van der Waals surface area contributed by atoms with E-state index >= 15 is 0 Å². The molecule has 3 rings (SSSR count). The van der Waals surface area contributed by atoms with Crippen LogP contribution in [-0.4, -0.2) is 53.8 Å². The quantitative estimate of drug-likeness (QED) is 0.816. The van der Waals surface area contributed by atoms with Crippen LogP contribution < -0.4 is 9.64 Å². The molecule has 6 nitrogen and oxygen atoms in total. The molecule has 0 aliphatic carbocycles. The van der Waals surface area contributed by atoms with Gasteiger partial charge in [-0.05, 0) is 31.2 Å². The van der Waals surface area contributed by atoms with Crippen LogP contribution in [0.1, 0.15) is 23.0 Å². The number of amides is 1. The third-order valence-corrected chi connectivity index (χ3v) is 4.26. The van der Waals surface area contributed by atoms with Crippen LogP contribution in [0.5, 0.6) is 5.88 Å². The Morgan fingerprint density at radius 3 is 2.44 bits per heavy atom. The normalized spacial score (nSPS) is 15.0. The molecular formula is C18H19F3N4O2. The van der Waals surface area contributed by atoms with Crippen LogP contribution in [0, 0.1) is 0 Å². The highest BCUT2D eigenvalue weighted by atomic mass is 19.4. The number of ether oxygens (including phenoxy) is 1. The predicted molar refractivity (Wildman–Crippen MR) is 92.8 cm³/mol. The van der Waals surface area contributed by atoms with Crippen LogP contribution >= 0.6 is 0 Å². The molecule has 0 saturated carbocycles. The van der Waals surface area contributed by atoms with Gasteiger partial charge in [0.2, 0.25) is 5.88 Å². The summed E-state index contributed by atoms with van der Waals surface area (Å²) in [5, 5.41) is 7.73. The molecule has 1 aromatic carbocycles. The lowest BCUT2D eigenvalue weighted by Crippen LogP contribution is -2.49. The second kappa shape index (κ2) is 7.81.